The average molecular weight is 241 g/mol. The van der Waals surface area contributed by atoms with Gasteiger partial charge in [-0.1, -0.05) is 30.3 Å². The lowest BCUT2D eigenvalue weighted by atomic mass is 10.0. The highest BCUT2D eigenvalue weighted by Gasteiger charge is 2.21. The summed E-state index contributed by atoms with van der Waals surface area (Å²) in [7, 11) is 2.05. The Morgan fingerprint density at radius 1 is 1.22 bits per heavy atom. The van der Waals surface area contributed by atoms with Gasteiger partial charge in [-0.25, -0.2) is 0 Å². The third-order valence-corrected chi connectivity index (χ3v) is 3.77. The summed E-state index contributed by atoms with van der Waals surface area (Å²) in [5.74, 6) is 0. The standard InChI is InChI=1S/C15H19N3/c1-12-14-11-18(9-8-15(14)17(2)16-12)10-13-6-4-3-5-7-13/h3-7H,8-11H2,1-2H3. The predicted octanol–water partition coefficient (Wildman–Crippen LogP) is 2.29. The zero-order valence-corrected chi connectivity index (χ0v) is 11.1. The van der Waals surface area contributed by atoms with Crippen LogP contribution in [0.5, 0.6) is 0 Å². The van der Waals surface area contributed by atoms with E-state index in [2.05, 4.69) is 54.3 Å². The molecule has 0 radical (unpaired) electrons. The van der Waals surface area contributed by atoms with Crippen molar-refractivity contribution in [3.05, 3.63) is 52.8 Å². The molecule has 0 aliphatic carbocycles. The van der Waals surface area contributed by atoms with Crippen molar-refractivity contribution >= 4 is 0 Å². The first-order valence-corrected chi connectivity index (χ1v) is 6.51. The van der Waals surface area contributed by atoms with E-state index in [1.165, 1.54) is 22.5 Å². The summed E-state index contributed by atoms with van der Waals surface area (Å²) in [6.45, 7) is 5.31. The molecule has 94 valence electrons. The monoisotopic (exact) mass is 241 g/mol. The Bertz CT molecular complexity index is 542. The van der Waals surface area contributed by atoms with Crippen LogP contribution in [0.3, 0.4) is 0 Å². The Morgan fingerprint density at radius 3 is 2.78 bits per heavy atom. The molecule has 0 spiro atoms. The lowest BCUT2D eigenvalue weighted by Gasteiger charge is -2.27. The van der Waals surface area contributed by atoms with Crippen LogP contribution < -0.4 is 0 Å². The summed E-state index contributed by atoms with van der Waals surface area (Å²) in [6, 6.07) is 10.7. The van der Waals surface area contributed by atoms with Gasteiger partial charge in [0.15, 0.2) is 0 Å². The summed E-state index contributed by atoms with van der Waals surface area (Å²) < 4.78 is 2.05. The molecule has 3 rings (SSSR count). The van der Waals surface area contributed by atoms with E-state index in [9.17, 15) is 0 Å². The second-order valence-electron chi connectivity index (χ2n) is 5.08. The number of rotatable bonds is 2. The van der Waals surface area contributed by atoms with Crippen molar-refractivity contribution < 1.29 is 0 Å². The molecule has 1 aromatic heterocycles. The minimum absolute atomic E-state index is 1.03. The Hall–Kier alpha value is -1.61. The number of aromatic nitrogens is 2. The van der Waals surface area contributed by atoms with Gasteiger partial charge in [0.1, 0.15) is 0 Å². The number of aryl methyl sites for hydroxylation is 2. The van der Waals surface area contributed by atoms with Crippen LogP contribution in [0.25, 0.3) is 0 Å². The summed E-state index contributed by atoms with van der Waals surface area (Å²) in [5.41, 5.74) is 5.42. The second-order valence-corrected chi connectivity index (χ2v) is 5.08. The highest BCUT2D eigenvalue weighted by atomic mass is 15.3. The fourth-order valence-corrected chi connectivity index (χ4v) is 2.81. The van der Waals surface area contributed by atoms with Crippen molar-refractivity contribution in [2.45, 2.75) is 26.4 Å². The summed E-state index contributed by atoms with van der Waals surface area (Å²) in [5, 5.41) is 4.52. The van der Waals surface area contributed by atoms with Gasteiger partial charge in [-0.3, -0.25) is 9.58 Å². The van der Waals surface area contributed by atoms with Crippen LogP contribution in [0.1, 0.15) is 22.5 Å². The van der Waals surface area contributed by atoms with Crippen molar-refractivity contribution in [1.82, 2.24) is 14.7 Å². The van der Waals surface area contributed by atoms with Crippen LogP contribution in [0, 0.1) is 6.92 Å². The van der Waals surface area contributed by atoms with Crippen LogP contribution >= 0.6 is 0 Å². The Labute approximate surface area is 108 Å². The maximum atomic E-state index is 4.52. The van der Waals surface area contributed by atoms with Crippen molar-refractivity contribution in [3.8, 4) is 0 Å². The second kappa shape index (κ2) is 4.58. The molecule has 3 heteroatoms. The SMILES string of the molecule is Cc1nn(C)c2c1CN(Cc1ccccc1)CC2. The maximum absolute atomic E-state index is 4.52. The van der Waals surface area contributed by atoms with Gasteiger partial charge in [0.05, 0.1) is 5.69 Å². The minimum atomic E-state index is 1.03. The van der Waals surface area contributed by atoms with Crippen molar-refractivity contribution in [2.75, 3.05) is 6.54 Å². The van der Waals surface area contributed by atoms with Crippen LogP contribution in [0.15, 0.2) is 30.3 Å². The molecule has 2 heterocycles. The smallest absolute Gasteiger partial charge is 0.0641 e. The van der Waals surface area contributed by atoms with Gasteiger partial charge >= 0.3 is 0 Å². The molecule has 0 amide bonds. The molecule has 3 nitrogen and oxygen atoms in total. The van der Waals surface area contributed by atoms with E-state index in [0.717, 1.165) is 26.1 Å². The number of benzene rings is 1. The average Bonchev–Trinajstić information content (AvgIpc) is 2.66. The molecule has 0 saturated heterocycles. The van der Waals surface area contributed by atoms with Gasteiger partial charge in [-0.05, 0) is 12.5 Å². The molecule has 0 fully saturated rings. The number of hydrogen-bond donors (Lipinski definition) is 0. The number of hydrogen-bond acceptors (Lipinski definition) is 2. The molecule has 1 aromatic carbocycles. The minimum Gasteiger partial charge on any atom is -0.294 e. The fraction of sp³-hybridized carbons (Fsp3) is 0.400. The first kappa shape index (κ1) is 11.5. The van der Waals surface area contributed by atoms with Crippen molar-refractivity contribution in [3.63, 3.8) is 0 Å². The third kappa shape index (κ3) is 2.06. The van der Waals surface area contributed by atoms with Gasteiger partial charge in [-0.2, -0.15) is 5.10 Å². The van der Waals surface area contributed by atoms with Gasteiger partial charge in [-0.15, -0.1) is 0 Å². The normalized spacial score (nSPS) is 15.7. The molecule has 1 aliphatic rings. The van der Waals surface area contributed by atoms with Gasteiger partial charge < -0.3 is 0 Å². The van der Waals surface area contributed by atoms with Crippen LogP contribution in [0.2, 0.25) is 0 Å². The van der Waals surface area contributed by atoms with E-state index in [-0.39, 0.29) is 0 Å². The lowest BCUT2D eigenvalue weighted by Crippen LogP contribution is -2.30. The summed E-state index contributed by atoms with van der Waals surface area (Å²) in [6.07, 6.45) is 1.11. The largest absolute Gasteiger partial charge is 0.294 e. The van der Waals surface area contributed by atoms with Crippen LogP contribution in [-0.2, 0) is 26.6 Å². The van der Waals surface area contributed by atoms with Crippen LogP contribution in [-0.4, -0.2) is 21.2 Å². The van der Waals surface area contributed by atoms with E-state index < -0.39 is 0 Å². The van der Waals surface area contributed by atoms with E-state index >= 15 is 0 Å². The Kier molecular flexibility index (Phi) is 2.92. The topological polar surface area (TPSA) is 21.1 Å². The Balaban J connectivity index is 1.77. The quantitative estimate of drug-likeness (QED) is 0.804. The zero-order chi connectivity index (χ0) is 12.5. The maximum Gasteiger partial charge on any atom is 0.0641 e. The number of fused-ring (bicyclic) bond motifs is 1. The first-order chi connectivity index (χ1) is 8.74. The van der Waals surface area contributed by atoms with Crippen LogP contribution in [0.4, 0.5) is 0 Å². The van der Waals surface area contributed by atoms with E-state index in [1.54, 1.807) is 0 Å². The molecule has 0 N–H and O–H groups in total. The first-order valence-electron chi connectivity index (χ1n) is 6.51. The van der Waals surface area contributed by atoms with Gasteiger partial charge in [0.2, 0.25) is 0 Å². The molecular formula is C15H19N3. The predicted molar refractivity (Wildman–Crippen MR) is 72.2 cm³/mol. The molecule has 1 aliphatic heterocycles. The summed E-state index contributed by atoms with van der Waals surface area (Å²) >= 11 is 0. The highest BCUT2D eigenvalue weighted by Crippen LogP contribution is 2.22. The van der Waals surface area contributed by atoms with E-state index in [1.807, 2.05) is 4.68 Å². The molecule has 2 aromatic rings. The molecule has 18 heavy (non-hydrogen) atoms. The lowest BCUT2D eigenvalue weighted by molar-refractivity contribution is 0.242. The fourth-order valence-electron chi connectivity index (χ4n) is 2.81. The molecule has 0 bridgehead atoms. The molecule has 0 unspecified atom stereocenters. The van der Waals surface area contributed by atoms with Crippen molar-refractivity contribution in [2.24, 2.45) is 7.05 Å². The van der Waals surface area contributed by atoms with Crippen molar-refractivity contribution in [1.29, 1.82) is 0 Å². The van der Waals surface area contributed by atoms with E-state index in [4.69, 9.17) is 0 Å². The number of nitrogens with zero attached hydrogens (tertiary/aromatic N) is 3. The Morgan fingerprint density at radius 2 is 2.00 bits per heavy atom. The molecule has 0 atom stereocenters. The molecular weight excluding hydrogens is 222 g/mol. The molecule has 0 saturated carbocycles. The highest BCUT2D eigenvalue weighted by molar-refractivity contribution is 5.28. The van der Waals surface area contributed by atoms with Gasteiger partial charge in [0, 0.05) is 44.4 Å². The van der Waals surface area contributed by atoms with E-state index in [0.29, 0.717) is 0 Å². The summed E-state index contributed by atoms with van der Waals surface area (Å²) in [4.78, 5) is 2.51. The zero-order valence-electron chi connectivity index (χ0n) is 11.1. The van der Waals surface area contributed by atoms with Gasteiger partial charge in [0.25, 0.3) is 0 Å². The third-order valence-electron chi connectivity index (χ3n) is 3.77.